The van der Waals surface area contributed by atoms with Gasteiger partial charge in [-0.25, -0.2) is 0 Å². The standard InChI is InChI=1S/C22H18N2O6/c25-21(23-11-13-1-5-17-19(9-13)28-8-7-27-17)15-3-4-16(24-22(15)26)14-2-6-18-20(10-14)30-12-29-18/h1-6,9-10H,7-8,11-12H2,(H,23,25)(H,24,26). The molecule has 2 aromatic carbocycles. The van der Waals surface area contributed by atoms with Crippen LogP contribution in [0.4, 0.5) is 0 Å². The average Bonchev–Trinajstić information content (AvgIpc) is 3.25. The zero-order valence-corrected chi connectivity index (χ0v) is 15.9. The number of benzene rings is 2. The number of hydrogen-bond donors (Lipinski definition) is 2. The largest absolute Gasteiger partial charge is 0.486 e. The van der Waals surface area contributed by atoms with Crippen molar-refractivity contribution in [3.05, 3.63) is 70.0 Å². The molecule has 5 rings (SSSR count). The lowest BCUT2D eigenvalue weighted by atomic mass is 10.1. The molecule has 1 amide bonds. The first-order valence-electron chi connectivity index (χ1n) is 9.47. The topological polar surface area (TPSA) is 98.9 Å². The van der Waals surface area contributed by atoms with Crippen molar-refractivity contribution in [3.8, 4) is 34.3 Å². The number of carbonyl (C=O) groups is 1. The van der Waals surface area contributed by atoms with Gasteiger partial charge in [0.15, 0.2) is 23.0 Å². The van der Waals surface area contributed by atoms with Crippen LogP contribution in [0.15, 0.2) is 53.3 Å². The fourth-order valence-electron chi connectivity index (χ4n) is 3.36. The maximum Gasteiger partial charge on any atom is 0.261 e. The van der Waals surface area contributed by atoms with Crippen molar-refractivity contribution in [1.82, 2.24) is 10.3 Å². The van der Waals surface area contributed by atoms with Gasteiger partial charge in [0.2, 0.25) is 6.79 Å². The van der Waals surface area contributed by atoms with Crippen LogP contribution in [0.5, 0.6) is 23.0 Å². The molecule has 0 unspecified atom stereocenters. The summed E-state index contributed by atoms with van der Waals surface area (Å²) in [7, 11) is 0. The summed E-state index contributed by atoms with van der Waals surface area (Å²) in [5.74, 6) is 2.17. The second kappa shape index (κ2) is 7.47. The van der Waals surface area contributed by atoms with E-state index in [1.54, 1.807) is 18.2 Å². The SMILES string of the molecule is O=C(NCc1ccc2c(c1)OCCO2)c1ccc(-c2ccc3c(c2)OCO3)[nH]c1=O. The fourth-order valence-corrected chi connectivity index (χ4v) is 3.36. The molecule has 8 nitrogen and oxygen atoms in total. The molecule has 3 heterocycles. The molecule has 0 saturated carbocycles. The summed E-state index contributed by atoms with van der Waals surface area (Å²) in [4.78, 5) is 27.7. The molecule has 8 heteroatoms. The van der Waals surface area contributed by atoms with Crippen molar-refractivity contribution in [3.63, 3.8) is 0 Å². The van der Waals surface area contributed by atoms with E-state index in [0.717, 1.165) is 11.1 Å². The number of amides is 1. The van der Waals surface area contributed by atoms with Crippen molar-refractivity contribution in [2.45, 2.75) is 6.54 Å². The maximum absolute atomic E-state index is 12.5. The van der Waals surface area contributed by atoms with Gasteiger partial charge in [-0.2, -0.15) is 0 Å². The number of nitrogens with one attached hydrogen (secondary N) is 2. The van der Waals surface area contributed by atoms with E-state index in [4.69, 9.17) is 18.9 Å². The van der Waals surface area contributed by atoms with E-state index in [9.17, 15) is 9.59 Å². The Morgan fingerprint density at radius 3 is 2.47 bits per heavy atom. The molecule has 0 bridgehead atoms. The molecule has 3 aromatic rings. The molecule has 0 spiro atoms. The van der Waals surface area contributed by atoms with Crippen LogP contribution in [0.1, 0.15) is 15.9 Å². The molecule has 0 saturated heterocycles. The van der Waals surface area contributed by atoms with Gasteiger partial charge in [0.1, 0.15) is 18.8 Å². The number of rotatable bonds is 4. The lowest BCUT2D eigenvalue weighted by Gasteiger charge is -2.19. The minimum atomic E-state index is -0.468. The Morgan fingerprint density at radius 1 is 0.867 bits per heavy atom. The lowest BCUT2D eigenvalue weighted by Crippen LogP contribution is -2.29. The summed E-state index contributed by atoms with van der Waals surface area (Å²) >= 11 is 0. The first kappa shape index (κ1) is 18.1. The van der Waals surface area contributed by atoms with Crippen LogP contribution in [0.25, 0.3) is 11.3 Å². The molecule has 30 heavy (non-hydrogen) atoms. The predicted octanol–water partition coefficient (Wildman–Crippen LogP) is 2.47. The number of carbonyl (C=O) groups excluding carboxylic acids is 1. The monoisotopic (exact) mass is 406 g/mol. The van der Waals surface area contributed by atoms with Crippen LogP contribution in [0.2, 0.25) is 0 Å². The van der Waals surface area contributed by atoms with Crippen LogP contribution in [0, 0.1) is 0 Å². The normalized spacial score (nSPS) is 13.7. The van der Waals surface area contributed by atoms with Gasteiger partial charge in [-0.05, 0) is 48.0 Å². The zero-order valence-electron chi connectivity index (χ0n) is 15.9. The van der Waals surface area contributed by atoms with Crippen LogP contribution in [-0.2, 0) is 6.54 Å². The third-order valence-corrected chi connectivity index (χ3v) is 4.90. The van der Waals surface area contributed by atoms with Gasteiger partial charge in [-0.1, -0.05) is 6.07 Å². The summed E-state index contributed by atoms with van der Waals surface area (Å²) in [6.45, 7) is 1.46. The number of pyridine rings is 1. The van der Waals surface area contributed by atoms with Gasteiger partial charge in [-0.15, -0.1) is 0 Å². The number of ether oxygens (including phenoxy) is 4. The molecular weight excluding hydrogens is 388 g/mol. The highest BCUT2D eigenvalue weighted by molar-refractivity contribution is 5.94. The minimum absolute atomic E-state index is 0.0389. The summed E-state index contributed by atoms with van der Waals surface area (Å²) in [5, 5.41) is 2.76. The van der Waals surface area contributed by atoms with Gasteiger partial charge < -0.3 is 29.2 Å². The molecule has 2 N–H and O–H groups in total. The molecule has 0 aliphatic carbocycles. The molecule has 2 aliphatic heterocycles. The van der Waals surface area contributed by atoms with Crippen LogP contribution >= 0.6 is 0 Å². The second-order valence-corrected chi connectivity index (χ2v) is 6.84. The molecule has 0 atom stereocenters. The van der Waals surface area contributed by atoms with E-state index in [1.165, 1.54) is 6.07 Å². The highest BCUT2D eigenvalue weighted by Crippen LogP contribution is 2.35. The summed E-state index contributed by atoms with van der Waals surface area (Å²) in [6.07, 6.45) is 0. The van der Waals surface area contributed by atoms with Crippen molar-refractivity contribution in [2.24, 2.45) is 0 Å². The number of aromatic nitrogens is 1. The quantitative estimate of drug-likeness (QED) is 0.691. The highest BCUT2D eigenvalue weighted by Gasteiger charge is 2.16. The summed E-state index contributed by atoms with van der Waals surface area (Å²) in [6, 6.07) is 14.1. The van der Waals surface area contributed by atoms with E-state index >= 15 is 0 Å². The molecule has 1 aromatic heterocycles. The number of hydrogen-bond acceptors (Lipinski definition) is 6. The van der Waals surface area contributed by atoms with E-state index in [2.05, 4.69) is 10.3 Å². The van der Waals surface area contributed by atoms with Crippen molar-refractivity contribution >= 4 is 5.91 Å². The van der Waals surface area contributed by atoms with Gasteiger partial charge in [0.05, 0.1) is 0 Å². The third kappa shape index (κ3) is 3.43. The van der Waals surface area contributed by atoms with E-state index in [-0.39, 0.29) is 18.9 Å². The van der Waals surface area contributed by atoms with Crippen molar-refractivity contribution in [2.75, 3.05) is 20.0 Å². The predicted molar refractivity (Wildman–Crippen MR) is 107 cm³/mol. The molecule has 0 radical (unpaired) electrons. The third-order valence-electron chi connectivity index (χ3n) is 4.90. The minimum Gasteiger partial charge on any atom is -0.486 e. The van der Waals surface area contributed by atoms with Gasteiger partial charge in [0.25, 0.3) is 11.5 Å². The number of fused-ring (bicyclic) bond motifs is 2. The van der Waals surface area contributed by atoms with Crippen LogP contribution < -0.4 is 29.8 Å². The molecule has 2 aliphatic rings. The van der Waals surface area contributed by atoms with E-state index < -0.39 is 11.5 Å². The zero-order chi connectivity index (χ0) is 20.5. The Morgan fingerprint density at radius 2 is 1.60 bits per heavy atom. The second-order valence-electron chi connectivity index (χ2n) is 6.84. The fraction of sp³-hybridized carbons (Fsp3) is 0.182. The number of H-pyrrole nitrogens is 1. The molecule has 152 valence electrons. The first-order chi connectivity index (χ1) is 14.7. The first-order valence-corrected chi connectivity index (χ1v) is 9.47. The van der Waals surface area contributed by atoms with Crippen molar-refractivity contribution < 1.29 is 23.7 Å². The Balaban J connectivity index is 1.30. The van der Waals surface area contributed by atoms with Crippen LogP contribution in [0.3, 0.4) is 0 Å². The molecular formula is C22H18N2O6. The average molecular weight is 406 g/mol. The number of aromatic amines is 1. The van der Waals surface area contributed by atoms with Crippen LogP contribution in [-0.4, -0.2) is 30.9 Å². The van der Waals surface area contributed by atoms with Crippen molar-refractivity contribution in [1.29, 1.82) is 0 Å². The Kier molecular flexibility index (Phi) is 4.51. The van der Waals surface area contributed by atoms with Gasteiger partial charge in [0, 0.05) is 17.8 Å². The Labute approximate surface area is 171 Å². The van der Waals surface area contributed by atoms with Gasteiger partial charge in [-0.3, -0.25) is 9.59 Å². The lowest BCUT2D eigenvalue weighted by molar-refractivity contribution is 0.0949. The van der Waals surface area contributed by atoms with E-state index in [1.807, 2.05) is 24.3 Å². The van der Waals surface area contributed by atoms with E-state index in [0.29, 0.717) is 41.9 Å². The molecule has 0 fully saturated rings. The van der Waals surface area contributed by atoms with Gasteiger partial charge >= 0.3 is 0 Å². The highest BCUT2D eigenvalue weighted by atomic mass is 16.7. The smallest absolute Gasteiger partial charge is 0.261 e. The summed E-state index contributed by atoms with van der Waals surface area (Å²) in [5.41, 5.74) is 1.77. The Hall–Kier alpha value is -3.94. The summed E-state index contributed by atoms with van der Waals surface area (Å²) < 4.78 is 21.7. The maximum atomic E-state index is 12.5. The Bertz CT molecular complexity index is 1190.